The van der Waals surface area contributed by atoms with E-state index in [1.165, 1.54) is 16.7 Å². The molecule has 3 nitrogen and oxygen atoms in total. The average molecular weight is 275 g/mol. The van der Waals surface area contributed by atoms with Gasteiger partial charge in [0.05, 0.1) is 13.0 Å². The predicted molar refractivity (Wildman–Crippen MR) is 82.9 cm³/mol. The topological polar surface area (TPSA) is 38.3 Å². The van der Waals surface area contributed by atoms with Gasteiger partial charge in [-0.15, -0.1) is 6.58 Å². The molecule has 0 fully saturated rings. The molecular formula is C17H25NO2. The molecule has 0 aliphatic rings. The van der Waals surface area contributed by atoms with Crippen LogP contribution in [0.2, 0.25) is 0 Å². The normalized spacial score (nSPS) is 11.9. The van der Waals surface area contributed by atoms with Gasteiger partial charge in [-0.05, 0) is 38.3 Å². The third-order valence-electron chi connectivity index (χ3n) is 3.23. The quantitative estimate of drug-likeness (QED) is 0.585. The number of ether oxygens (including phenoxy) is 1. The number of carbonyl (C=O) groups excluding carboxylic acids is 1. The van der Waals surface area contributed by atoms with Gasteiger partial charge in [-0.25, -0.2) is 0 Å². The Morgan fingerprint density at radius 2 is 2.20 bits per heavy atom. The molecule has 3 heteroatoms. The van der Waals surface area contributed by atoms with Crippen LogP contribution in [-0.4, -0.2) is 25.2 Å². The van der Waals surface area contributed by atoms with Gasteiger partial charge in [0.15, 0.2) is 0 Å². The fraction of sp³-hybridized carbons (Fsp3) is 0.471. The highest BCUT2D eigenvalue weighted by Gasteiger charge is 2.15. The molecule has 0 saturated heterocycles. The molecule has 1 atom stereocenters. The SMILES string of the molecule is C=CCNC(CC(=O)OCC)Cc1ccc(C)cc1C. The molecule has 1 unspecified atom stereocenters. The van der Waals surface area contributed by atoms with Gasteiger partial charge in [-0.3, -0.25) is 4.79 Å². The maximum absolute atomic E-state index is 11.7. The van der Waals surface area contributed by atoms with Crippen LogP contribution in [0.3, 0.4) is 0 Å². The van der Waals surface area contributed by atoms with Crippen molar-refractivity contribution >= 4 is 5.97 Å². The van der Waals surface area contributed by atoms with Gasteiger partial charge in [0.1, 0.15) is 0 Å². The number of hydrogen-bond donors (Lipinski definition) is 1. The molecule has 0 bridgehead atoms. The summed E-state index contributed by atoms with van der Waals surface area (Å²) in [7, 11) is 0. The van der Waals surface area contributed by atoms with Crippen molar-refractivity contribution in [3.8, 4) is 0 Å². The van der Waals surface area contributed by atoms with E-state index >= 15 is 0 Å². The van der Waals surface area contributed by atoms with Crippen LogP contribution in [0.4, 0.5) is 0 Å². The fourth-order valence-corrected chi connectivity index (χ4v) is 2.23. The van der Waals surface area contributed by atoms with Crippen LogP contribution in [0, 0.1) is 13.8 Å². The van der Waals surface area contributed by atoms with Crippen LogP contribution in [0.1, 0.15) is 30.0 Å². The van der Waals surface area contributed by atoms with Gasteiger partial charge in [0.25, 0.3) is 0 Å². The van der Waals surface area contributed by atoms with Crippen LogP contribution >= 0.6 is 0 Å². The van der Waals surface area contributed by atoms with Crippen LogP contribution in [0.25, 0.3) is 0 Å². The second-order valence-corrected chi connectivity index (χ2v) is 5.04. The summed E-state index contributed by atoms with van der Waals surface area (Å²) < 4.78 is 5.03. The van der Waals surface area contributed by atoms with E-state index in [9.17, 15) is 4.79 Å². The Morgan fingerprint density at radius 1 is 1.45 bits per heavy atom. The lowest BCUT2D eigenvalue weighted by atomic mass is 9.97. The molecule has 110 valence electrons. The number of esters is 1. The molecule has 1 rings (SSSR count). The molecule has 0 radical (unpaired) electrons. The molecule has 0 heterocycles. The first-order valence-electron chi connectivity index (χ1n) is 7.12. The second-order valence-electron chi connectivity index (χ2n) is 5.04. The van der Waals surface area contributed by atoms with E-state index in [1.807, 2.05) is 6.92 Å². The monoisotopic (exact) mass is 275 g/mol. The largest absolute Gasteiger partial charge is 0.466 e. The minimum Gasteiger partial charge on any atom is -0.466 e. The van der Waals surface area contributed by atoms with E-state index in [0.29, 0.717) is 19.6 Å². The Kier molecular flexibility index (Phi) is 7.02. The van der Waals surface area contributed by atoms with Gasteiger partial charge in [-0.2, -0.15) is 0 Å². The lowest BCUT2D eigenvalue weighted by molar-refractivity contribution is -0.143. The molecule has 1 aromatic carbocycles. The third kappa shape index (κ3) is 5.57. The zero-order valence-corrected chi connectivity index (χ0v) is 12.7. The van der Waals surface area contributed by atoms with Gasteiger partial charge in [-0.1, -0.05) is 29.8 Å². The van der Waals surface area contributed by atoms with E-state index in [-0.39, 0.29) is 12.0 Å². The first-order valence-corrected chi connectivity index (χ1v) is 7.12. The van der Waals surface area contributed by atoms with Crippen molar-refractivity contribution in [2.45, 2.75) is 39.7 Å². The number of rotatable bonds is 8. The lowest BCUT2D eigenvalue weighted by Crippen LogP contribution is -2.34. The zero-order chi connectivity index (χ0) is 15.0. The summed E-state index contributed by atoms with van der Waals surface area (Å²) in [5, 5.41) is 3.33. The highest BCUT2D eigenvalue weighted by molar-refractivity contribution is 5.70. The smallest absolute Gasteiger partial charge is 0.307 e. The summed E-state index contributed by atoms with van der Waals surface area (Å²) in [4.78, 5) is 11.7. The van der Waals surface area contributed by atoms with Crippen molar-refractivity contribution in [3.05, 3.63) is 47.5 Å². The van der Waals surface area contributed by atoms with Gasteiger partial charge < -0.3 is 10.1 Å². The number of benzene rings is 1. The Morgan fingerprint density at radius 3 is 2.80 bits per heavy atom. The third-order valence-corrected chi connectivity index (χ3v) is 3.23. The van der Waals surface area contributed by atoms with Gasteiger partial charge in [0.2, 0.25) is 0 Å². The van der Waals surface area contributed by atoms with E-state index in [2.05, 4.69) is 43.9 Å². The highest BCUT2D eigenvalue weighted by atomic mass is 16.5. The summed E-state index contributed by atoms with van der Waals surface area (Å²) in [5.41, 5.74) is 3.79. The summed E-state index contributed by atoms with van der Waals surface area (Å²) in [6.07, 6.45) is 3.01. The summed E-state index contributed by atoms with van der Waals surface area (Å²) in [5.74, 6) is -0.154. The highest BCUT2D eigenvalue weighted by Crippen LogP contribution is 2.14. The molecule has 0 aliphatic heterocycles. The second kappa shape index (κ2) is 8.54. The molecule has 0 aromatic heterocycles. The molecule has 0 aliphatic carbocycles. The summed E-state index contributed by atoms with van der Waals surface area (Å²) in [6.45, 7) is 10.8. The number of aryl methyl sites for hydroxylation is 2. The molecule has 1 aromatic rings. The Labute approximate surface area is 122 Å². The zero-order valence-electron chi connectivity index (χ0n) is 12.7. The molecule has 0 spiro atoms. The Bertz CT molecular complexity index is 454. The van der Waals surface area contributed by atoms with Crippen LogP contribution in [-0.2, 0) is 16.0 Å². The van der Waals surface area contributed by atoms with Crippen molar-refractivity contribution in [3.63, 3.8) is 0 Å². The molecule has 20 heavy (non-hydrogen) atoms. The van der Waals surface area contributed by atoms with Crippen molar-refractivity contribution < 1.29 is 9.53 Å². The van der Waals surface area contributed by atoms with Crippen LogP contribution < -0.4 is 5.32 Å². The van der Waals surface area contributed by atoms with Gasteiger partial charge in [0, 0.05) is 12.6 Å². The summed E-state index contributed by atoms with van der Waals surface area (Å²) in [6, 6.07) is 6.49. The maximum Gasteiger partial charge on any atom is 0.307 e. The molecule has 0 saturated carbocycles. The Balaban J connectivity index is 2.72. The van der Waals surface area contributed by atoms with Crippen molar-refractivity contribution in [2.24, 2.45) is 0 Å². The van der Waals surface area contributed by atoms with Crippen LogP contribution in [0.5, 0.6) is 0 Å². The fourth-order valence-electron chi connectivity index (χ4n) is 2.23. The first-order chi connectivity index (χ1) is 9.56. The minimum atomic E-state index is -0.154. The van der Waals surface area contributed by atoms with E-state index in [1.54, 1.807) is 6.08 Å². The minimum absolute atomic E-state index is 0.0773. The van der Waals surface area contributed by atoms with Crippen molar-refractivity contribution in [1.29, 1.82) is 0 Å². The standard InChI is InChI=1S/C17H25NO2/c1-5-9-18-16(12-17(19)20-6-2)11-15-8-7-13(3)10-14(15)4/h5,7-8,10,16,18H,1,6,9,11-12H2,2-4H3. The van der Waals surface area contributed by atoms with Crippen LogP contribution in [0.15, 0.2) is 30.9 Å². The first kappa shape index (κ1) is 16.4. The van der Waals surface area contributed by atoms with E-state index in [4.69, 9.17) is 4.74 Å². The number of nitrogens with one attached hydrogen (secondary N) is 1. The maximum atomic E-state index is 11.7. The Hall–Kier alpha value is -1.61. The number of carbonyl (C=O) groups is 1. The van der Waals surface area contributed by atoms with Crippen molar-refractivity contribution in [1.82, 2.24) is 5.32 Å². The van der Waals surface area contributed by atoms with Crippen molar-refractivity contribution in [2.75, 3.05) is 13.2 Å². The van der Waals surface area contributed by atoms with E-state index < -0.39 is 0 Å². The molecular weight excluding hydrogens is 250 g/mol. The molecule has 1 N–H and O–H groups in total. The van der Waals surface area contributed by atoms with Gasteiger partial charge >= 0.3 is 5.97 Å². The summed E-state index contributed by atoms with van der Waals surface area (Å²) >= 11 is 0. The van der Waals surface area contributed by atoms with E-state index in [0.717, 1.165) is 6.42 Å². The lowest BCUT2D eigenvalue weighted by Gasteiger charge is -2.18. The predicted octanol–water partition coefficient (Wildman–Crippen LogP) is 2.94. The average Bonchev–Trinajstić information content (AvgIpc) is 2.39. The molecule has 0 amide bonds. The number of hydrogen-bond acceptors (Lipinski definition) is 3.